The van der Waals surface area contributed by atoms with Crippen LogP contribution >= 0.6 is 11.6 Å². The highest BCUT2D eigenvalue weighted by molar-refractivity contribution is 6.30. The predicted octanol–water partition coefficient (Wildman–Crippen LogP) is 2.60. The zero-order valence-corrected chi connectivity index (χ0v) is 19.1. The van der Waals surface area contributed by atoms with E-state index in [0.717, 1.165) is 56.0 Å². The minimum absolute atomic E-state index is 0.0126. The molecule has 1 aliphatic heterocycles. The van der Waals surface area contributed by atoms with Crippen LogP contribution < -0.4 is 15.0 Å². The van der Waals surface area contributed by atoms with Gasteiger partial charge in [-0.1, -0.05) is 11.6 Å². The number of nitrogens with one attached hydrogen (secondary N) is 1. The number of piperidine rings is 1. The van der Waals surface area contributed by atoms with Crippen LogP contribution in [0.1, 0.15) is 41.6 Å². The lowest BCUT2D eigenvalue weighted by atomic mass is 9.92. The maximum absolute atomic E-state index is 12.2. The summed E-state index contributed by atoms with van der Waals surface area (Å²) < 4.78 is 5.88. The Labute approximate surface area is 193 Å². The summed E-state index contributed by atoms with van der Waals surface area (Å²) >= 11 is 5.86. The van der Waals surface area contributed by atoms with Crippen LogP contribution in [0.5, 0.6) is 5.75 Å². The van der Waals surface area contributed by atoms with Crippen LogP contribution in [0.2, 0.25) is 5.02 Å². The summed E-state index contributed by atoms with van der Waals surface area (Å²) in [5.74, 6) is 1.87. The minimum atomic E-state index is -0.958. The molecule has 1 fully saturated rings. The summed E-state index contributed by atoms with van der Waals surface area (Å²) in [6.07, 6.45) is 6.62. The van der Waals surface area contributed by atoms with Gasteiger partial charge >= 0.3 is 0 Å². The molecule has 3 rings (SSSR count). The number of nitrogens with zero attached hydrogens (tertiary/aromatic N) is 3. The Balaban J connectivity index is 1.36. The molecule has 9 heteroatoms. The van der Waals surface area contributed by atoms with Crippen LogP contribution in [-0.2, 0) is 0 Å². The van der Waals surface area contributed by atoms with E-state index >= 15 is 0 Å². The zero-order valence-electron chi connectivity index (χ0n) is 18.3. The van der Waals surface area contributed by atoms with Gasteiger partial charge in [0, 0.05) is 25.2 Å². The van der Waals surface area contributed by atoms with E-state index in [4.69, 9.17) is 21.4 Å². The lowest BCUT2D eigenvalue weighted by Gasteiger charge is -2.31. The maximum Gasteiger partial charge on any atom is 0.251 e. The van der Waals surface area contributed by atoms with Gasteiger partial charge in [0.1, 0.15) is 5.75 Å². The Morgan fingerprint density at radius 3 is 2.69 bits per heavy atom. The van der Waals surface area contributed by atoms with E-state index in [0.29, 0.717) is 23.1 Å². The Bertz CT molecular complexity index is 873. The lowest BCUT2D eigenvalue weighted by Crippen LogP contribution is -2.34. The Morgan fingerprint density at radius 1 is 1.31 bits per heavy atom. The Morgan fingerprint density at radius 2 is 2.03 bits per heavy atom. The van der Waals surface area contributed by atoms with Gasteiger partial charge in [-0.05, 0) is 62.3 Å². The van der Waals surface area contributed by atoms with Crippen LogP contribution in [0.3, 0.4) is 0 Å². The first kappa shape index (κ1) is 24.2. The number of ether oxygens (including phenoxy) is 1. The average Bonchev–Trinajstić information content (AvgIpc) is 2.81. The lowest BCUT2D eigenvalue weighted by molar-refractivity contribution is 0.0801. The number of halogens is 1. The number of carbonyl (C=O) groups is 1. The molecule has 0 spiro atoms. The fourth-order valence-corrected chi connectivity index (χ4v) is 3.90. The predicted molar refractivity (Wildman–Crippen MR) is 123 cm³/mol. The molecule has 1 aromatic carbocycles. The first-order valence-electron chi connectivity index (χ1n) is 11.0. The number of amides is 1. The second-order valence-corrected chi connectivity index (χ2v) is 8.58. The van der Waals surface area contributed by atoms with E-state index in [1.807, 2.05) is 13.0 Å². The topological polar surface area (TPSA) is 108 Å². The number of rotatable bonds is 10. The van der Waals surface area contributed by atoms with E-state index in [-0.39, 0.29) is 19.1 Å². The molecule has 0 aliphatic carbocycles. The molecule has 1 aromatic heterocycles. The second-order valence-electron chi connectivity index (χ2n) is 8.15. The summed E-state index contributed by atoms with van der Waals surface area (Å²) in [7, 11) is 0. The first-order valence-corrected chi connectivity index (χ1v) is 11.4. The number of aromatic nitrogens is 2. The summed E-state index contributed by atoms with van der Waals surface area (Å²) in [6.45, 7) is 4.01. The van der Waals surface area contributed by atoms with Gasteiger partial charge in [0.25, 0.3) is 5.91 Å². The van der Waals surface area contributed by atoms with Crippen molar-refractivity contribution >= 4 is 23.5 Å². The van der Waals surface area contributed by atoms with Crippen LogP contribution in [0, 0.1) is 12.8 Å². The van der Waals surface area contributed by atoms with Gasteiger partial charge in [0.2, 0.25) is 5.95 Å². The number of benzene rings is 1. The van der Waals surface area contributed by atoms with Crippen molar-refractivity contribution < 1.29 is 19.7 Å². The van der Waals surface area contributed by atoms with Crippen molar-refractivity contribution in [3.63, 3.8) is 0 Å². The van der Waals surface area contributed by atoms with Gasteiger partial charge in [-0.3, -0.25) is 4.79 Å². The van der Waals surface area contributed by atoms with Gasteiger partial charge < -0.3 is 25.2 Å². The summed E-state index contributed by atoms with van der Waals surface area (Å²) in [4.78, 5) is 23.0. The smallest absolute Gasteiger partial charge is 0.251 e. The molecule has 32 heavy (non-hydrogen) atoms. The highest BCUT2D eigenvalue weighted by Crippen LogP contribution is 2.25. The minimum Gasteiger partial charge on any atom is -0.494 e. The normalized spacial score (nSPS) is 15.4. The highest BCUT2D eigenvalue weighted by atomic mass is 35.5. The third-order valence-corrected chi connectivity index (χ3v) is 5.88. The molecule has 0 bridgehead atoms. The molecule has 174 valence electrons. The fourth-order valence-electron chi connectivity index (χ4n) is 3.80. The fraction of sp³-hybridized carbons (Fsp3) is 0.522. The van der Waals surface area contributed by atoms with E-state index in [1.54, 1.807) is 24.5 Å². The summed E-state index contributed by atoms with van der Waals surface area (Å²) in [6, 6.07) is 5.36. The molecule has 2 aromatic rings. The Hall–Kier alpha value is -2.42. The molecule has 0 radical (unpaired) electrons. The maximum atomic E-state index is 12.2. The monoisotopic (exact) mass is 462 g/mol. The quantitative estimate of drug-likeness (QED) is 0.466. The largest absolute Gasteiger partial charge is 0.494 e. The zero-order chi connectivity index (χ0) is 22.9. The molecular formula is C23H31ClN4O4. The molecule has 0 saturated carbocycles. The van der Waals surface area contributed by atoms with Gasteiger partial charge in [-0.15, -0.1) is 0 Å². The van der Waals surface area contributed by atoms with Gasteiger partial charge in [-0.2, -0.15) is 0 Å². The van der Waals surface area contributed by atoms with Crippen molar-refractivity contribution in [2.45, 2.75) is 38.7 Å². The summed E-state index contributed by atoms with van der Waals surface area (Å²) in [5.41, 5.74) is 1.33. The van der Waals surface area contributed by atoms with Gasteiger partial charge in [0.15, 0.2) is 0 Å². The van der Waals surface area contributed by atoms with Crippen LogP contribution in [0.4, 0.5) is 5.95 Å². The second kappa shape index (κ2) is 12.0. The molecule has 3 N–H and O–H groups in total. The van der Waals surface area contributed by atoms with Crippen molar-refractivity contribution in [1.29, 1.82) is 0 Å². The highest BCUT2D eigenvalue weighted by Gasteiger charge is 2.20. The van der Waals surface area contributed by atoms with Crippen LogP contribution in [0.25, 0.3) is 0 Å². The van der Waals surface area contributed by atoms with Crippen LogP contribution in [0.15, 0.2) is 30.6 Å². The van der Waals surface area contributed by atoms with E-state index in [9.17, 15) is 9.90 Å². The van der Waals surface area contributed by atoms with Crippen molar-refractivity contribution in [3.8, 4) is 5.75 Å². The van der Waals surface area contributed by atoms with Crippen molar-refractivity contribution in [1.82, 2.24) is 15.3 Å². The number of carbonyl (C=O) groups excluding carboxylic acids is 1. The molecule has 2 heterocycles. The van der Waals surface area contributed by atoms with E-state index in [1.165, 1.54) is 0 Å². The standard InChI is InChI=1S/C23H31ClN4O4/c1-16-11-20(4-5-21(16)22(31)25-14-19(30)15-29)32-10-2-3-17-6-8-28(9-7-17)23-26-12-18(24)13-27-23/h4-5,11-13,17,19,29-30H,2-3,6-10,14-15H2,1H3,(H,25,31). The van der Waals surface area contributed by atoms with E-state index < -0.39 is 6.10 Å². The van der Waals surface area contributed by atoms with Gasteiger partial charge in [0.05, 0.1) is 36.7 Å². The molecule has 1 aliphatic rings. The molecule has 1 atom stereocenters. The number of aliphatic hydroxyl groups excluding tert-OH is 2. The molecule has 1 amide bonds. The van der Waals surface area contributed by atoms with Gasteiger partial charge in [-0.25, -0.2) is 9.97 Å². The summed E-state index contributed by atoms with van der Waals surface area (Å²) in [5, 5.41) is 21.4. The third kappa shape index (κ3) is 7.05. The number of aryl methyl sites for hydroxylation is 1. The SMILES string of the molecule is Cc1cc(OCCCC2CCN(c3ncc(Cl)cn3)CC2)ccc1C(=O)NCC(O)CO. The van der Waals surface area contributed by atoms with E-state index in [2.05, 4.69) is 20.2 Å². The number of hydrogen-bond donors (Lipinski definition) is 3. The molecular weight excluding hydrogens is 432 g/mol. The number of anilines is 1. The number of hydrogen-bond acceptors (Lipinski definition) is 7. The average molecular weight is 463 g/mol. The number of aliphatic hydroxyl groups is 2. The van der Waals surface area contributed by atoms with Crippen LogP contribution in [-0.4, -0.2) is 65.0 Å². The van der Waals surface area contributed by atoms with Crippen molar-refractivity contribution in [3.05, 3.63) is 46.7 Å². The van der Waals surface area contributed by atoms with Crippen molar-refractivity contribution in [2.75, 3.05) is 37.7 Å². The van der Waals surface area contributed by atoms with Crippen molar-refractivity contribution in [2.24, 2.45) is 5.92 Å². The Kier molecular flexibility index (Phi) is 9.08. The molecule has 8 nitrogen and oxygen atoms in total. The first-order chi connectivity index (χ1) is 15.5. The third-order valence-electron chi connectivity index (χ3n) is 5.68. The molecule has 1 saturated heterocycles. The molecule has 1 unspecified atom stereocenters.